The van der Waals surface area contributed by atoms with Crippen LogP contribution in [0.1, 0.15) is 219 Å². The van der Waals surface area contributed by atoms with Gasteiger partial charge in [0, 0.05) is 19.4 Å². The minimum atomic E-state index is -4.38. The van der Waals surface area contributed by atoms with Crippen LogP contribution >= 0.6 is 7.82 Å². The van der Waals surface area contributed by atoms with E-state index in [4.69, 9.17) is 24.3 Å². The summed E-state index contributed by atoms with van der Waals surface area (Å²) >= 11 is 0. The fourth-order valence-corrected chi connectivity index (χ4v) is 7.18. The first-order valence-corrected chi connectivity index (χ1v) is 24.3. The minimum Gasteiger partial charge on any atom is -0.462 e. The van der Waals surface area contributed by atoms with E-state index in [1.165, 1.54) is 122 Å². The highest BCUT2D eigenvalue weighted by Gasteiger charge is 2.26. The van der Waals surface area contributed by atoms with Crippen LogP contribution in [0.25, 0.3) is 0 Å². The van der Waals surface area contributed by atoms with Crippen LogP contribution in [0.2, 0.25) is 0 Å². The molecule has 0 bridgehead atoms. The summed E-state index contributed by atoms with van der Waals surface area (Å²) in [7, 11) is -4.38. The maximum Gasteiger partial charge on any atom is 0.472 e. The number of hydrogen-bond acceptors (Lipinski definition) is 8. The van der Waals surface area contributed by atoms with Gasteiger partial charge in [-0.15, -0.1) is 0 Å². The van der Waals surface area contributed by atoms with Crippen LogP contribution in [-0.4, -0.2) is 49.3 Å². The second-order valence-corrected chi connectivity index (χ2v) is 16.7. The summed E-state index contributed by atoms with van der Waals surface area (Å²) in [6.07, 6.45) is 45.0. The fourth-order valence-electron chi connectivity index (χ4n) is 6.42. The van der Waals surface area contributed by atoms with Crippen molar-refractivity contribution in [1.29, 1.82) is 0 Å². The van der Waals surface area contributed by atoms with E-state index < -0.39 is 26.5 Å². The predicted molar refractivity (Wildman–Crippen MR) is 229 cm³/mol. The Kier molecular flexibility index (Phi) is 40.9. The molecule has 0 saturated heterocycles. The van der Waals surface area contributed by atoms with Gasteiger partial charge in [-0.25, -0.2) is 4.57 Å². The number of nitrogens with two attached hydrogens (primary N) is 1. The van der Waals surface area contributed by atoms with Gasteiger partial charge in [0.25, 0.3) is 0 Å². The molecular formula is C45H86NO8P. The fraction of sp³-hybridized carbons (Fsp3) is 0.867. The number of phosphoric ester groups is 1. The maximum atomic E-state index is 12.6. The highest BCUT2D eigenvalue weighted by Crippen LogP contribution is 2.43. The summed E-state index contributed by atoms with van der Waals surface area (Å²) in [5.41, 5.74) is 5.35. The van der Waals surface area contributed by atoms with Gasteiger partial charge in [0.1, 0.15) is 6.61 Å². The van der Waals surface area contributed by atoms with Crippen molar-refractivity contribution in [3.63, 3.8) is 0 Å². The van der Waals surface area contributed by atoms with E-state index >= 15 is 0 Å². The molecule has 0 fully saturated rings. The minimum absolute atomic E-state index is 0.0525. The summed E-state index contributed by atoms with van der Waals surface area (Å²) in [6.45, 7) is 3.70. The van der Waals surface area contributed by atoms with E-state index in [0.29, 0.717) is 6.42 Å². The number of ether oxygens (including phenoxy) is 2. The molecule has 0 aliphatic rings. The molecule has 9 nitrogen and oxygen atoms in total. The third-order valence-corrected chi connectivity index (χ3v) is 10.8. The van der Waals surface area contributed by atoms with Crippen LogP contribution in [0.3, 0.4) is 0 Å². The molecule has 0 aromatic carbocycles. The molecule has 0 rings (SSSR count). The van der Waals surface area contributed by atoms with Crippen LogP contribution in [0.4, 0.5) is 0 Å². The molecule has 0 aliphatic heterocycles. The predicted octanol–water partition coefficient (Wildman–Crippen LogP) is 13.2. The van der Waals surface area contributed by atoms with E-state index in [2.05, 4.69) is 38.2 Å². The number of rotatable bonds is 43. The Hall–Kier alpha value is -1.51. The Morgan fingerprint density at radius 3 is 1.44 bits per heavy atom. The lowest BCUT2D eigenvalue weighted by molar-refractivity contribution is -0.161. The van der Waals surface area contributed by atoms with E-state index in [-0.39, 0.29) is 38.6 Å². The second kappa shape index (κ2) is 42.1. The summed E-state index contributed by atoms with van der Waals surface area (Å²) < 4.78 is 32.8. The van der Waals surface area contributed by atoms with Crippen LogP contribution in [-0.2, 0) is 32.7 Å². The molecule has 0 aliphatic carbocycles. The molecular weight excluding hydrogens is 713 g/mol. The van der Waals surface area contributed by atoms with Crippen molar-refractivity contribution < 1.29 is 37.6 Å². The van der Waals surface area contributed by atoms with Crippen LogP contribution < -0.4 is 5.73 Å². The van der Waals surface area contributed by atoms with Crippen LogP contribution in [0.5, 0.6) is 0 Å². The molecule has 1 unspecified atom stereocenters. The number of phosphoric acid groups is 1. The van der Waals surface area contributed by atoms with Crippen molar-refractivity contribution in [3.05, 3.63) is 24.3 Å². The number of carbonyl (C=O) groups is 2. The molecule has 55 heavy (non-hydrogen) atoms. The summed E-state index contributed by atoms with van der Waals surface area (Å²) in [4.78, 5) is 34.9. The SMILES string of the molecule is CCCC/C=C/C/C=C/CCCCCCCC(=O)O[C@H](COC(=O)CCCCCCCCCCCCCCCCCCCCCC)COP(=O)(O)OCCN. The van der Waals surface area contributed by atoms with Gasteiger partial charge in [0.2, 0.25) is 0 Å². The Morgan fingerprint density at radius 1 is 0.545 bits per heavy atom. The Morgan fingerprint density at radius 2 is 0.964 bits per heavy atom. The van der Waals surface area contributed by atoms with Gasteiger partial charge in [-0.2, -0.15) is 0 Å². The number of unbranched alkanes of at least 4 members (excludes halogenated alkanes) is 26. The number of hydrogen-bond donors (Lipinski definition) is 2. The zero-order valence-corrected chi connectivity index (χ0v) is 36.6. The van der Waals surface area contributed by atoms with Gasteiger partial charge in [0.05, 0.1) is 13.2 Å². The number of allylic oxidation sites excluding steroid dienone is 4. The van der Waals surface area contributed by atoms with E-state index in [1.807, 2.05) is 0 Å². The Labute approximate surface area is 338 Å². The zero-order chi connectivity index (χ0) is 40.3. The first-order valence-electron chi connectivity index (χ1n) is 22.8. The van der Waals surface area contributed by atoms with Gasteiger partial charge >= 0.3 is 19.8 Å². The van der Waals surface area contributed by atoms with Crippen molar-refractivity contribution >= 4 is 19.8 Å². The van der Waals surface area contributed by atoms with Crippen molar-refractivity contribution in [2.45, 2.75) is 225 Å². The summed E-state index contributed by atoms with van der Waals surface area (Å²) in [5, 5.41) is 0. The molecule has 0 spiro atoms. The van der Waals surface area contributed by atoms with Crippen molar-refractivity contribution in [1.82, 2.24) is 0 Å². The average Bonchev–Trinajstić information content (AvgIpc) is 3.17. The van der Waals surface area contributed by atoms with E-state index in [1.54, 1.807) is 0 Å². The van der Waals surface area contributed by atoms with Crippen molar-refractivity contribution in [2.75, 3.05) is 26.4 Å². The highest BCUT2D eigenvalue weighted by atomic mass is 31.2. The molecule has 0 heterocycles. The van der Waals surface area contributed by atoms with Crippen molar-refractivity contribution in [2.24, 2.45) is 5.73 Å². The Bertz CT molecular complexity index is 959. The largest absolute Gasteiger partial charge is 0.472 e. The third kappa shape index (κ3) is 41.9. The molecule has 0 aromatic rings. The number of esters is 2. The standard InChI is InChI=1S/C45H86NO8P/c1-3-5-7-9-11-13-15-17-19-20-21-22-23-24-26-27-29-31-33-35-37-44(47)51-41-43(42-53-55(49,50)52-40-39-46)54-45(48)38-36-34-32-30-28-25-18-16-14-12-10-8-6-4-2/h10,12,16,18,43H,3-9,11,13-15,17,19-42,46H2,1-2H3,(H,49,50)/b12-10+,18-16+/t43-/m1/s1. The normalized spacial score (nSPS) is 13.5. The van der Waals surface area contributed by atoms with Gasteiger partial charge in [0.15, 0.2) is 6.10 Å². The molecule has 0 aromatic heterocycles. The van der Waals surface area contributed by atoms with Crippen LogP contribution in [0, 0.1) is 0 Å². The summed E-state index contributed by atoms with van der Waals surface area (Å²) in [6, 6.07) is 0. The molecule has 324 valence electrons. The molecule has 10 heteroatoms. The maximum absolute atomic E-state index is 12.6. The van der Waals surface area contributed by atoms with Gasteiger partial charge in [-0.05, 0) is 38.5 Å². The molecule has 3 N–H and O–H groups in total. The zero-order valence-electron chi connectivity index (χ0n) is 35.7. The van der Waals surface area contributed by atoms with Gasteiger partial charge in [-0.3, -0.25) is 18.6 Å². The van der Waals surface area contributed by atoms with Gasteiger partial charge < -0.3 is 20.1 Å². The van der Waals surface area contributed by atoms with Crippen molar-refractivity contribution in [3.8, 4) is 0 Å². The average molecular weight is 800 g/mol. The quantitative estimate of drug-likeness (QED) is 0.0267. The highest BCUT2D eigenvalue weighted by molar-refractivity contribution is 7.47. The first-order chi connectivity index (χ1) is 26.8. The molecule has 0 saturated carbocycles. The van der Waals surface area contributed by atoms with E-state index in [0.717, 1.165) is 64.2 Å². The van der Waals surface area contributed by atoms with E-state index in [9.17, 15) is 19.0 Å². The smallest absolute Gasteiger partial charge is 0.462 e. The lowest BCUT2D eigenvalue weighted by Crippen LogP contribution is -2.29. The van der Waals surface area contributed by atoms with Gasteiger partial charge in [-0.1, -0.05) is 192 Å². The molecule has 2 atom stereocenters. The summed E-state index contributed by atoms with van der Waals surface area (Å²) in [5.74, 6) is -0.836. The third-order valence-electron chi connectivity index (χ3n) is 9.84. The van der Waals surface area contributed by atoms with Crippen LogP contribution in [0.15, 0.2) is 24.3 Å². The molecule has 0 radical (unpaired) electrons. The second-order valence-electron chi connectivity index (χ2n) is 15.3. The molecule has 0 amide bonds. The first kappa shape index (κ1) is 53.5. The monoisotopic (exact) mass is 800 g/mol. The number of carbonyl (C=O) groups excluding carboxylic acids is 2. The topological polar surface area (TPSA) is 134 Å². The lowest BCUT2D eigenvalue weighted by Gasteiger charge is -2.19. The lowest BCUT2D eigenvalue weighted by atomic mass is 10.0. The Balaban J connectivity index is 4.07.